The van der Waals surface area contributed by atoms with Crippen molar-refractivity contribution in [1.82, 2.24) is 14.8 Å². The number of hydrogen-bond acceptors (Lipinski definition) is 5. The molecule has 3 N–H and O–H groups in total. The number of nitrogens with two attached hydrogens (primary N) is 1. The molecular weight excluding hydrogens is 284 g/mol. The molecule has 21 heavy (non-hydrogen) atoms. The number of hydrogen-bond donors (Lipinski definition) is 2. The summed E-state index contributed by atoms with van der Waals surface area (Å²) in [6, 6.07) is 0.648. The van der Waals surface area contributed by atoms with Crippen LogP contribution in [-0.2, 0) is 0 Å². The second-order valence-electron chi connectivity index (χ2n) is 6.45. The quantitative estimate of drug-likeness (QED) is 0.541. The average Bonchev–Trinajstić information content (AvgIpc) is 3.42. The van der Waals surface area contributed by atoms with Crippen molar-refractivity contribution in [3.8, 4) is 0 Å². The summed E-state index contributed by atoms with van der Waals surface area (Å²) < 4.78 is 2.39. The highest BCUT2D eigenvalue weighted by Crippen LogP contribution is 2.46. The SMILES string of the molecule is CCC(O)(CN)CCCSc1nnc(C2CC2)n1C1CC1. The van der Waals surface area contributed by atoms with Crippen LogP contribution in [0, 0.1) is 0 Å². The second-order valence-corrected chi connectivity index (χ2v) is 7.51. The fourth-order valence-electron chi connectivity index (χ4n) is 2.67. The Kier molecular flexibility index (Phi) is 4.57. The Balaban J connectivity index is 1.54. The van der Waals surface area contributed by atoms with E-state index in [1.54, 1.807) is 11.8 Å². The van der Waals surface area contributed by atoms with Crippen LogP contribution in [0.3, 0.4) is 0 Å². The van der Waals surface area contributed by atoms with Crippen LogP contribution in [-0.4, -0.2) is 37.8 Å². The summed E-state index contributed by atoms with van der Waals surface area (Å²) in [6.07, 6.45) is 7.54. The van der Waals surface area contributed by atoms with Gasteiger partial charge in [0.05, 0.1) is 5.60 Å². The van der Waals surface area contributed by atoms with Crippen molar-refractivity contribution < 1.29 is 5.11 Å². The van der Waals surface area contributed by atoms with Gasteiger partial charge in [-0.15, -0.1) is 10.2 Å². The molecule has 0 amide bonds. The lowest BCUT2D eigenvalue weighted by atomic mass is 9.95. The smallest absolute Gasteiger partial charge is 0.191 e. The van der Waals surface area contributed by atoms with Crippen LogP contribution in [0.25, 0.3) is 0 Å². The van der Waals surface area contributed by atoms with Crippen molar-refractivity contribution in [3.05, 3.63) is 5.82 Å². The van der Waals surface area contributed by atoms with Crippen LogP contribution in [0.1, 0.15) is 69.7 Å². The molecule has 2 saturated carbocycles. The minimum Gasteiger partial charge on any atom is -0.389 e. The van der Waals surface area contributed by atoms with E-state index in [0.29, 0.717) is 18.5 Å². The summed E-state index contributed by atoms with van der Waals surface area (Å²) in [6.45, 7) is 2.34. The highest BCUT2D eigenvalue weighted by Gasteiger charge is 2.36. The summed E-state index contributed by atoms with van der Waals surface area (Å²) >= 11 is 1.78. The summed E-state index contributed by atoms with van der Waals surface area (Å²) in [5.41, 5.74) is 4.95. The van der Waals surface area contributed by atoms with Crippen LogP contribution < -0.4 is 5.73 Å². The molecule has 6 heteroatoms. The summed E-state index contributed by atoms with van der Waals surface area (Å²) in [4.78, 5) is 0. The van der Waals surface area contributed by atoms with Crippen molar-refractivity contribution in [2.75, 3.05) is 12.3 Å². The molecule has 0 bridgehead atoms. The van der Waals surface area contributed by atoms with Gasteiger partial charge in [0.15, 0.2) is 5.16 Å². The van der Waals surface area contributed by atoms with Crippen molar-refractivity contribution in [2.24, 2.45) is 5.73 Å². The fraction of sp³-hybridized carbons (Fsp3) is 0.867. The zero-order valence-corrected chi connectivity index (χ0v) is 13.6. The molecule has 2 fully saturated rings. The third kappa shape index (κ3) is 3.60. The number of nitrogens with zero attached hydrogens (tertiary/aromatic N) is 3. The molecule has 1 aromatic heterocycles. The van der Waals surface area contributed by atoms with Crippen molar-refractivity contribution in [2.45, 2.75) is 74.6 Å². The number of aromatic nitrogens is 3. The first kappa shape index (κ1) is 15.3. The molecule has 2 aliphatic carbocycles. The van der Waals surface area contributed by atoms with Gasteiger partial charge >= 0.3 is 0 Å². The molecule has 118 valence electrons. The Hall–Kier alpha value is -0.590. The van der Waals surface area contributed by atoms with Gasteiger partial charge in [0, 0.05) is 24.3 Å². The van der Waals surface area contributed by atoms with E-state index in [1.165, 1.54) is 31.5 Å². The van der Waals surface area contributed by atoms with Crippen molar-refractivity contribution >= 4 is 11.8 Å². The molecule has 1 heterocycles. The van der Waals surface area contributed by atoms with E-state index in [0.717, 1.165) is 30.2 Å². The van der Waals surface area contributed by atoms with Crippen LogP contribution in [0.4, 0.5) is 0 Å². The molecule has 0 aliphatic heterocycles. The maximum atomic E-state index is 10.2. The van der Waals surface area contributed by atoms with E-state index < -0.39 is 5.60 Å². The lowest BCUT2D eigenvalue weighted by molar-refractivity contribution is 0.0360. The van der Waals surface area contributed by atoms with E-state index in [1.807, 2.05) is 6.92 Å². The fourth-order valence-corrected chi connectivity index (χ4v) is 3.62. The van der Waals surface area contributed by atoms with Crippen LogP contribution in [0.15, 0.2) is 5.16 Å². The molecule has 0 saturated heterocycles. The van der Waals surface area contributed by atoms with Gasteiger partial charge in [-0.25, -0.2) is 0 Å². The first-order valence-electron chi connectivity index (χ1n) is 8.17. The van der Waals surface area contributed by atoms with Crippen LogP contribution >= 0.6 is 11.8 Å². The minimum absolute atomic E-state index is 0.345. The third-order valence-electron chi connectivity index (χ3n) is 4.60. The third-order valence-corrected chi connectivity index (χ3v) is 5.63. The van der Waals surface area contributed by atoms with E-state index in [2.05, 4.69) is 14.8 Å². The zero-order chi connectivity index (χ0) is 14.9. The van der Waals surface area contributed by atoms with Gasteiger partial charge in [0.2, 0.25) is 0 Å². The summed E-state index contributed by atoms with van der Waals surface area (Å²) in [5, 5.41) is 20.1. The molecule has 1 atom stereocenters. The first-order valence-corrected chi connectivity index (χ1v) is 9.15. The molecule has 0 spiro atoms. The minimum atomic E-state index is -0.691. The van der Waals surface area contributed by atoms with Gasteiger partial charge < -0.3 is 15.4 Å². The Labute approximate surface area is 130 Å². The van der Waals surface area contributed by atoms with E-state index in [-0.39, 0.29) is 0 Å². The number of rotatable bonds is 9. The largest absolute Gasteiger partial charge is 0.389 e. The molecule has 0 aromatic carbocycles. The zero-order valence-electron chi connectivity index (χ0n) is 12.8. The van der Waals surface area contributed by atoms with E-state index in [9.17, 15) is 5.11 Å². The van der Waals surface area contributed by atoms with Gasteiger partial charge in [-0.05, 0) is 44.9 Å². The molecule has 1 aromatic rings. The van der Waals surface area contributed by atoms with Gasteiger partial charge in [0.1, 0.15) is 5.82 Å². The Bertz CT molecular complexity index is 478. The topological polar surface area (TPSA) is 77.0 Å². The first-order chi connectivity index (χ1) is 10.2. The molecule has 5 nitrogen and oxygen atoms in total. The van der Waals surface area contributed by atoms with Crippen LogP contribution in [0.5, 0.6) is 0 Å². The molecular formula is C15H26N4OS. The molecule has 2 aliphatic rings. The normalized spacial score (nSPS) is 21.5. The van der Waals surface area contributed by atoms with Crippen LogP contribution in [0.2, 0.25) is 0 Å². The van der Waals surface area contributed by atoms with Gasteiger partial charge in [-0.1, -0.05) is 18.7 Å². The molecule has 3 rings (SSSR count). The Morgan fingerprint density at radius 3 is 2.67 bits per heavy atom. The monoisotopic (exact) mass is 310 g/mol. The second kappa shape index (κ2) is 6.26. The summed E-state index contributed by atoms with van der Waals surface area (Å²) in [5.74, 6) is 2.85. The lowest BCUT2D eigenvalue weighted by Gasteiger charge is -2.24. The van der Waals surface area contributed by atoms with Gasteiger partial charge in [-0.2, -0.15) is 0 Å². The predicted octanol–water partition coefficient (Wildman–Crippen LogP) is 2.46. The lowest BCUT2D eigenvalue weighted by Crippen LogP contribution is -2.36. The number of aliphatic hydroxyl groups is 1. The number of thioether (sulfide) groups is 1. The van der Waals surface area contributed by atoms with Crippen molar-refractivity contribution in [1.29, 1.82) is 0 Å². The highest BCUT2D eigenvalue weighted by molar-refractivity contribution is 7.99. The Morgan fingerprint density at radius 2 is 2.10 bits per heavy atom. The standard InChI is InChI=1S/C15H26N4OS/c1-2-15(20,10-16)8-3-9-21-14-18-17-13(11-4-5-11)19(14)12-6-7-12/h11-12,20H,2-10,16H2,1H3. The average molecular weight is 310 g/mol. The van der Waals surface area contributed by atoms with Gasteiger partial charge in [-0.3, -0.25) is 0 Å². The van der Waals surface area contributed by atoms with E-state index >= 15 is 0 Å². The maximum absolute atomic E-state index is 10.2. The predicted molar refractivity (Wildman–Crippen MR) is 84.5 cm³/mol. The molecule has 1 unspecified atom stereocenters. The van der Waals surface area contributed by atoms with Gasteiger partial charge in [0.25, 0.3) is 0 Å². The van der Waals surface area contributed by atoms with Crippen molar-refractivity contribution in [3.63, 3.8) is 0 Å². The molecule has 0 radical (unpaired) electrons. The Morgan fingerprint density at radius 1 is 1.33 bits per heavy atom. The summed E-state index contributed by atoms with van der Waals surface area (Å²) in [7, 11) is 0. The maximum Gasteiger partial charge on any atom is 0.191 e. The van der Waals surface area contributed by atoms with E-state index in [4.69, 9.17) is 5.73 Å². The highest BCUT2D eigenvalue weighted by atomic mass is 32.2.